The molecule has 0 N–H and O–H groups in total. The third kappa shape index (κ3) is 9.52. The molecule has 0 saturated carbocycles. The molecule has 4 nitrogen and oxygen atoms in total. The van der Waals surface area contributed by atoms with Gasteiger partial charge < -0.3 is 9.29 Å². The first-order valence-corrected chi connectivity index (χ1v) is 11.2. The molecule has 0 spiro atoms. The van der Waals surface area contributed by atoms with Gasteiger partial charge in [0.05, 0.1) is 4.90 Å². The maximum atomic E-state index is 11.0. The zero-order valence-corrected chi connectivity index (χ0v) is 21.0. The van der Waals surface area contributed by atoms with Crippen molar-refractivity contribution >= 4 is 10.1 Å². The normalized spacial score (nSPS) is 11.1. The number of para-hydroxylation sites is 1. The third-order valence-electron chi connectivity index (χ3n) is 4.61. The summed E-state index contributed by atoms with van der Waals surface area (Å²) in [5, 5.41) is 0. The van der Waals surface area contributed by atoms with Gasteiger partial charge in [0, 0.05) is 0 Å². The van der Waals surface area contributed by atoms with Gasteiger partial charge in [0.15, 0.2) is 0 Å². The molecule has 0 bridgehead atoms. The Hall–Kier alpha value is -0.214. The minimum absolute atomic E-state index is 0. The van der Waals surface area contributed by atoms with E-state index in [0.717, 1.165) is 24.2 Å². The Kier molecular flexibility index (Phi) is 12.8. The molecular weight excluding hydrogens is 399 g/mol. The summed E-state index contributed by atoms with van der Waals surface area (Å²) in [6.45, 7) is 2.24. The van der Waals surface area contributed by atoms with Crippen molar-refractivity contribution in [3.63, 3.8) is 0 Å². The van der Waals surface area contributed by atoms with E-state index in [1.54, 1.807) is 0 Å². The zero-order valence-electron chi connectivity index (χ0n) is 17.0. The molecule has 0 amide bonds. The van der Waals surface area contributed by atoms with Gasteiger partial charge in [-0.1, -0.05) is 70.1 Å². The summed E-state index contributed by atoms with van der Waals surface area (Å²) >= 11 is 0. The van der Waals surface area contributed by atoms with Crippen molar-refractivity contribution in [3.05, 3.63) is 54.1 Å². The van der Waals surface area contributed by atoms with E-state index in [4.69, 9.17) is 4.74 Å². The van der Waals surface area contributed by atoms with E-state index < -0.39 is 10.1 Å². The summed E-state index contributed by atoms with van der Waals surface area (Å²) in [7, 11) is -4.43. The predicted octanol–water partition coefficient (Wildman–Crippen LogP) is 3.07. The topological polar surface area (TPSA) is 66.4 Å². The Balaban J connectivity index is 0.00000392. The number of hydrogen-bond acceptors (Lipinski definition) is 4. The second-order valence-electron chi connectivity index (χ2n) is 6.86. The molecule has 0 heterocycles. The van der Waals surface area contributed by atoms with Gasteiger partial charge in [0.2, 0.25) is 0 Å². The number of ether oxygens (including phenoxy) is 1. The van der Waals surface area contributed by atoms with Gasteiger partial charge in [0.25, 0.3) is 0 Å². The Labute approximate surface area is 212 Å². The molecule has 2 aromatic rings. The zero-order chi connectivity index (χ0) is 19.5. The number of aryl methyl sites for hydroxylation is 1. The van der Waals surface area contributed by atoms with Gasteiger partial charge in [-0.3, -0.25) is 0 Å². The second kappa shape index (κ2) is 13.9. The molecule has 0 fully saturated rings. The van der Waals surface area contributed by atoms with Gasteiger partial charge in [-0.2, -0.15) is 0 Å². The van der Waals surface area contributed by atoms with E-state index in [1.807, 2.05) is 18.2 Å². The summed E-state index contributed by atoms with van der Waals surface area (Å²) in [6, 6.07) is 13.5. The number of hydrogen-bond donors (Lipinski definition) is 0. The first-order valence-electron chi connectivity index (χ1n) is 9.82. The largest absolute Gasteiger partial charge is 1.00 e. The molecule has 2 rings (SSSR count). The predicted molar refractivity (Wildman–Crippen MR) is 107 cm³/mol. The van der Waals surface area contributed by atoms with Crippen LogP contribution in [-0.4, -0.2) is 13.0 Å². The number of unbranched alkanes of at least 4 members (excludes halogenated alkanes) is 7. The molecule has 0 aromatic heterocycles. The molecule has 0 atom stereocenters. The summed E-state index contributed by atoms with van der Waals surface area (Å²) in [5.74, 6) is 1.30. The fraction of sp³-hybridized carbons (Fsp3) is 0.455. The van der Waals surface area contributed by atoms with Gasteiger partial charge in [0.1, 0.15) is 21.6 Å². The van der Waals surface area contributed by atoms with Crippen LogP contribution in [-0.2, 0) is 16.5 Å². The monoisotopic (exact) mass is 428 g/mol. The average molecular weight is 429 g/mol. The van der Waals surface area contributed by atoms with Crippen LogP contribution in [0.1, 0.15) is 63.9 Å². The number of benzene rings is 2. The Morgan fingerprint density at radius 2 is 1.39 bits per heavy atom. The van der Waals surface area contributed by atoms with Crippen molar-refractivity contribution in [3.8, 4) is 11.5 Å². The molecule has 0 unspecified atom stereocenters. The summed E-state index contributed by atoms with van der Waals surface area (Å²) < 4.78 is 38.9. The second-order valence-corrected chi connectivity index (χ2v) is 8.24. The SMILES string of the molecule is CCCCCCCCCCc1ccccc1Oc1ccc(S(=O)(=O)[O-])cc1.[K+]. The van der Waals surface area contributed by atoms with E-state index in [0.29, 0.717) is 5.75 Å². The van der Waals surface area contributed by atoms with Gasteiger partial charge in [-0.05, 0) is 48.7 Å². The van der Waals surface area contributed by atoms with Crippen LogP contribution in [0.5, 0.6) is 11.5 Å². The molecule has 0 radical (unpaired) electrons. The Morgan fingerprint density at radius 3 is 2.00 bits per heavy atom. The van der Waals surface area contributed by atoms with E-state index in [2.05, 4.69) is 13.0 Å². The van der Waals surface area contributed by atoms with E-state index >= 15 is 0 Å². The fourth-order valence-corrected chi connectivity index (χ4v) is 3.53. The van der Waals surface area contributed by atoms with Gasteiger partial charge in [-0.25, -0.2) is 8.42 Å². The van der Waals surface area contributed by atoms with Gasteiger partial charge in [-0.15, -0.1) is 0 Å². The van der Waals surface area contributed by atoms with Crippen LogP contribution in [0.25, 0.3) is 0 Å². The first-order chi connectivity index (χ1) is 13.0. The molecule has 0 aliphatic carbocycles. The van der Waals surface area contributed by atoms with Crippen LogP contribution in [0, 0.1) is 0 Å². The standard InChI is InChI=1S/C22H30O4S.K/c1-2-3-4-5-6-7-8-9-12-19-13-10-11-14-22(19)26-20-15-17-21(18-16-20)27(23,24)25;/h10-11,13-18H,2-9,12H2,1H3,(H,23,24,25);/q;+1/p-1. The molecule has 6 heteroatoms. The maximum absolute atomic E-state index is 11.0. The fourth-order valence-electron chi connectivity index (χ4n) is 3.06. The van der Waals surface area contributed by atoms with Gasteiger partial charge >= 0.3 is 51.4 Å². The molecule has 0 aliphatic heterocycles. The van der Waals surface area contributed by atoms with E-state index in [9.17, 15) is 13.0 Å². The summed E-state index contributed by atoms with van der Waals surface area (Å²) in [4.78, 5) is -0.248. The number of rotatable bonds is 12. The molecule has 28 heavy (non-hydrogen) atoms. The van der Waals surface area contributed by atoms with Crippen LogP contribution in [0.2, 0.25) is 0 Å². The molecule has 148 valence electrons. The first kappa shape index (κ1) is 25.8. The maximum Gasteiger partial charge on any atom is 1.00 e. The smallest absolute Gasteiger partial charge is 0.744 e. The average Bonchev–Trinajstić information content (AvgIpc) is 2.65. The van der Waals surface area contributed by atoms with Crippen molar-refractivity contribution < 1.29 is 69.1 Å². The molecule has 0 saturated heterocycles. The van der Waals surface area contributed by atoms with Crippen molar-refractivity contribution in [2.45, 2.75) is 69.6 Å². The molecular formula is C22H29KO4S. The van der Waals surface area contributed by atoms with Crippen molar-refractivity contribution in [1.29, 1.82) is 0 Å². The Bertz CT molecular complexity index is 788. The van der Waals surface area contributed by atoms with Crippen molar-refractivity contribution in [1.82, 2.24) is 0 Å². The van der Waals surface area contributed by atoms with Crippen molar-refractivity contribution in [2.75, 3.05) is 0 Å². The third-order valence-corrected chi connectivity index (χ3v) is 5.46. The van der Waals surface area contributed by atoms with E-state index in [-0.39, 0.29) is 56.3 Å². The molecule has 0 aliphatic rings. The van der Waals surface area contributed by atoms with Crippen LogP contribution in [0.4, 0.5) is 0 Å². The summed E-state index contributed by atoms with van der Waals surface area (Å²) in [6.07, 6.45) is 11.2. The van der Waals surface area contributed by atoms with Crippen LogP contribution in [0.3, 0.4) is 0 Å². The van der Waals surface area contributed by atoms with Crippen molar-refractivity contribution in [2.24, 2.45) is 0 Å². The quantitative estimate of drug-likeness (QED) is 0.296. The van der Waals surface area contributed by atoms with Crippen LogP contribution < -0.4 is 56.1 Å². The van der Waals surface area contributed by atoms with Crippen LogP contribution in [0.15, 0.2) is 53.4 Å². The minimum Gasteiger partial charge on any atom is -0.744 e. The van der Waals surface area contributed by atoms with E-state index in [1.165, 1.54) is 69.2 Å². The summed E-state index contributed by atoms with van der Waals surface area (Å²) in [5.41, 5.74) is 1.14. The minimum atomic E-state index is -4.43. The molecule has 2 aromatic carbocycles. The Morgan fingerprint density at radius 1 is 0.821 bits per heavy atom. The van der Waals surface area contributed by atoms with Crippen LogP contribution >= 0.6 is 0 Å².